The van der Waals surface area contributed by atoms with Crippen molar-refractivity contribution in [3.63, 3.8) is 0 Å². The van der Waals surface area contributed by atoms with Crippen LogP contribution in [0.2, 0.25) is 0 Å². The van der Waals surface area contributed by atoms with Crippen LogP contribution >= 0.6 is 11.6 Å². The number of halogens is 1. The maximum Gasteiger partial charge on any atom is 0.0434 e. The summed E-state index contributed by atoms with van der Waals surface area (Å²) in [5.41, 5.74) is 5.07. The minimum absolute atomic E-state index is 0.605. The van der Waals surface area contributed by atoms with Gasteiger partial charge in [-0.15, -0.1) is 11.6 Å². The summed E-state index contributed by atoms with van der Waals surface area (Å²) in [4.78, 5) is 0. The number of rotatable bonds is 2. The first-order valence-electron chi connectivity index (χ1n) is 4.44. The van der Waals surface area contributed by atoms with Gasteiger partial charge in [0.1, 0.15) is 0 Å². The molecule has 0 unspecified atom stereocenters. The molecule has 1 rings (SSSR count). The third kappa shape index (κ3) is 2.89. The van der Waals surface area contributed by atoms with Gasteiger partial charge in [-0.2, -0.15) is 0 Å². The zero-order valence-corrected chi connectivity index (χ0v) is 9.15. The summed E-state index contributed by atoms with van der Waals surface area (Å²) >= 11 is 5.73. The summed E-state index contributed by atoms with van der Waals surface area (Å²) in [6.45, 7) is 6.27. The Hall–Kier alpha value is -0.750. The highest BCUT2D eigenvalue weighted by Gasteiger charge is 1.95. The summed E-state index contributed by atoms with van der Waals surface area (Å²) in [5, 5.41) is 0. The molecule has 1 heteroatoms. The zero-order valence-electron chi connectivity index (χ0n) is 8.39. The number of hydrogen-bond acceptors (Lipinski definition) is 0. The zero-order chi connectivity index (χ0) is 9.84. The number of allylic oxidation sites excluding steroid dienone is 1. The van der Waals surface area contributed by atoms with Crippen LogP contribution in [0.15, 0.2) is 23.8 Å². The third-order valence-electron chi connectivity index (χ3n) is 2.05. The molecule has 0 spiro atoms. The largest absolute Gasteiger partial charge is 0.122 e. The molecule has 0 heterocycles. The highest BCUT2D eigenvalue weighted by Crippen LogP contribution is 2.14. The van der Waals surface area contributed by atoms with E-state index in [1.165, 1.54) is 22.3 Å². The van der Waals surface area contributed by atoms with Gasteiger partial charge < -0.3 is 0 Å². The second-order valence-corrected chi connectivity index (χ2v) is 3.75. The van der Waals surface area contributed by atoms with Crippen LogP contribution in [0.25, 0.3) is 6.08 Å². The Bertz CT molecular complexity index is 324. The summed E-state index contributed by atoms with van der Waals surface area (Å²) in [5.74, 6) is 0.605. The summed E-state index contributed by atoms with van der Waals surface area (Å²) in [6, 6.07) is 6.46. The topological polar surface area (TPSA) is 0 Å². The molecule has 0 aliphatic carbocycles. The van der Waals surface area contributed by atoms with Crippen LogP contribution in [-0.2, 0) is 0 Å². The lowest BCUT2D eigenvalue weighted by Gasteiger charge is -2.03. The SMILES string of the molecule is CC(=Cc1cc(C)ccc1C)CCl. The highest BCUT2D eigenvalue weighted by molar-refractivity contribution is 6.19. The number of hydrogen-bond donors (Lipinski definition) is 0. The second-order valence-electron chi connectivity index (χ2n) is 3.48. The first kappa shape index (κ1) is 10.3. The van der Waals surface area contributed by atoms with Gasteiger partial charge in [-0.3, -0.25) is 0 Å². The Morgan fingerprint density at radius 2 is 2.08 bits per heavy atom. The molecular weight excluding hydrogens is 180 g/mol. The lowest BCUT2D eigenvalue weighted by Crippen LogP contribution is -1.84. The normalized spacial score (nSPS) is 11.8. The van der Waals surface area contributed by atoms with Gasteiger partial charge >= 0.3 is 0 Å². The van der Waals surface area contributed by atoms with Crippen molar-refractivity contribution in [2.24, 2.45) is 0 Å². The molecule has 0 atom stereocenters. The van der Waals surface area contributed by atoms with Crippen molar-refractivity contribution in [3.05, 3.63) is 40.5 Å². The van der Waals surface area contributed by atoms with E-state index >= 15 is 0 Å². The quantitative estimate of drug-likeness (QED) is 0.626. The van der Waals surface area contributed by atoms with Crippen molar-refractivity contribution in [1.82, 2.24) is 0 Å². The Morgan fingerprint density at radius 3 is 2.69 bits per heavy atom. The molecule has 0 N–H and O–H groups in total. The average Bonchev–Trinajstić information content (AvgIpc) is 2.11. The van der Waals surface area contributed by atoms with E-state index in [4.69, 9.17) is 11.6 Å². The molecule has 0 fully saturated rings. The molecule has 0 saturated carbocycles. The molecule has 0 saturated heterocycles. The lowest BCUT2D eigenvalue weighted by atomic mass is 10.0. The van der Waals surface area contributed by atoms with E-state index in [0.717, 1.165) is 0 Å². The molecule has 70 valence electrons. The molecule has 1 aromatic rings. The van der Waals surface area contributed by atoms with Crippen LogP contribution in [0.3, 0.4) is 0 Å². The fraction of sp³-hybridized carbons (Fsp3) is 0.333. The predicted octanol–water partition coefficient (Wildman–Crippen LogP) is 3.95. The standard InChI is InChI=1S/C12H15Cl/c1-9-4-5-11(3)12(6-9)7-10(2)8-13/h4-7H,8H2,1-3H3. The third-order valence-corrected chi connectivity index (χ3v) is 2.47. The van der Waals surface area contributed by atoms with Crippen molar-refractivity contribution in [3.8, 4) is 0 Å². The van der Waals surface area contributed by atoms with E-state index in [1.54, 1.807) is 0 Å². The first-order valence-corrected chi connectivity index (χ1v) is 4.97. The molecule has 0 aliphatic heterocycles. The van der Waals surface area contributed by atoms with Crippen LogP contribution in [0.1, 0.15) is 23.6 Å². The number of benzene rings is 1. The summed E-state index contributed by atoms with van der Waals surface area (Å²) in [7, 11) is 0. The van der Waals surface area contributed by atoms with Gasteiger partial charge in [-0.25, -0.2) is 0 Å². The molecule has 0 aromatic heterocycles. The van der Waals surface area contributed by atoms with E-state index in [0.29, 0.717) is 5.88 Å². The van der Waals surface area contributed by atoms with E-state index < -0.39 is 0 Å². The molecule has 0 amide bonds. The molecule has 0 aliphatic rings. The number of alkyl halides is 1. The van der Waals surface area contributed by atoms with Crippen LogP contribution in [0, 0.1) is 13.8 Å². The van der Waals surface area contributed by atoms with Gasteiger partial charge in [0, 0.05) is 5.88 Å². The number of aryl methyl sites for hydroxylation is 2. The highest BCUT2D eigenvalue weighted by atomic mass is 35.5. The summed E-state index contributed by atoms with van der Waals surface area (Å²) < 4.78 is 0. The predicted molar refractivity (Wildman–Crippen MR) is 60.3 cm³/mol. The molecule has 0 nitrogen and oxygen atoms in total. The molecule has 13 heavy (non-hydrogen) atoms. The fourth-order valence-electron chi connectivity index (χ4n) is 1.22. The minimum Gasteiger partial charge on any atom is -0.122 e. The van der Waals surface area contributed by atoms with E-state index in [9.17, 15) is 0 Å². The second kappa shape index (κ2) is 4.48. The molecule has 1 aromatic carbocycles. The first-order chi connectivity index (χ1) is 6.13. The van der Waals surface area contributed by atoms with Crippen molar-refractivity contribution >= 4 is 17.7 Å². The smallest absolute Gasteiger partial charge is 0.0434 e. The van der Waals surface area contributed by atoms with Gasteiger partial charge in [-0.1, -0.05) is 35.4 Å². The maximum absolute atomic E-state index is 5.73. The Balaban J connectivity index is 3.07. The molecule has 0 bridgehead atoms. The molecule has 0 radical (unpaired) electrons. The van der Waals surface area contributed by atoms with Crippen molar-refractivity contribution in [1.29, 1.82) is 0 Å². The Kier molecular flexibility index (Phi) is 3.56. The minimum atomic E-state index is 0.605. The van der Waals surface area contributed by atoms with E-state index in [1.807, 2.05) is 0 Å². The average molecular weight is 195 g/mol. The van der Waals surface area contributed by atoms with Crippen LogP contribution in [0.5, 0.6) is 0 Å². The van der Waals surface area contributed by atoms with Crippen molar-refractivity contribution < 1.29 is 0 Å². The van der Waals surface area contributed by atoms with E-state index in [-0.39, 0.29) is 0 Å². The van der Waals surface area contributed by atoms with Gasteiger partial charge in [0.2, 0.25) is 0 Å². The summed E-state index contributed by atoms with van der Waals surface area (Å²) in [6.07, 6.45) is 2.15. The van der Waals surface area contributed by atoms with Gasteiger partial charge in [0.05, 0.1) is 0 Å². The van der Waals surface area contributed by atoms with Gasteiger partial charge in [0.15, 0.2) is 0 Å². The fourth-order valence-corrected chi connectivity index (χ4v) is 1.30. The Morgan fingerprint density at radius 1 is 1.38 bits per heavy atom. The van der Waals surface area contributed by atoms with Crippen LogP contribution in [0.4, 0.5) is 0 Å². The maximum atomic E-state index is 5.73. The van der Waals surface area contributed by atoms with Gasteiger partial charge in [0.25, 0.3) is 0 Å². The van der Waals surface area contributed by atoms with Crippen LogP contribution < -0.4 is 0 Å². The van der Waals surface area contributed by atoms with Crippen molar-refractivity contribution in [2.45, 2.75) is 20.8 Å². The lowest BCUT2D eigenvalue weighted by molar-refractivity contribution is 1.35. The van der Waals surface area contributed by atoms with Crippen molar-refractivity contribution in [2.75, 3.05) is 5.88 Å². The van der Waals surface area contributed by atoms with Gasteiger partial charge in [-0.05, 0) is 31.9 Å². The van der Waals surface area contributed by atoms with E-state index in [2.05, 4.69) is 45.0 Å². The monoisotopic (exact) mass is 194 g/mol. The Labute approximate surface area is 85.2 Å². The van der Waals surface area contributed by atoms with Crippen LogP contribution in [-0.4, -0.2) is 5.88 Å². The molecular formula is C12H15Cl.